The van der Waals surface area contributed by atoms with Crippen LogP contribution in [0.1, 0.15) is 18.4 Å². The van der Waals surface area contributed by atoms with Crippen LogP contribution in [0, 0.1) is 5.92 Å². The standard InChI is InChI=1S/C13H18Cl2N2.ClH/c14-12-2-1-3-13(15)11(12)9-17-6-4-10(8-16)5-7-17;/h1-3,10H,4-9,16H2;1H. The first kappa shape index (κ1) is 16.1. The molecule has 1 aliphatic heterocycles. The van der Waals surface area contributed by atoms with Crippen molar-refractivity contribution in [2.75, 3.05) is 19.6 Å². The Morgan fingerprint density at radius 3 is 2.22 bits per heavy atom. The quantitative estimate of drug-likeness (QED) is 0.924. The summed E-state index contributed by atoms with van der Waals surface area (Å²) < 4.78 is 0. The number of likely N-dealkylation sites (tertiary alicyclic amines) is 1. The molecule has 0 saturated carbocycles. The average Bonchev–Trinajstić information content (AvgIpc) is 2.35. The molecule has 18 heavy (non-hydrogen) atoms. The van der Waals surface area contributed by atoms with Crippen molar-refractivity contribution in [3.8, 4) is 0 Å². The van der Waals surface area contributed by atoms with Crippen molar-refractivity contribution in [1.82, 2.24) is 4.90 Å². The van der Waals surface area contributed by atoms with Gasteiger partial charge in [0.05, 0.1) is 0 Å². The molecule has 0 amide bonds. The second-order valence-electron chi connectivity index (χ2n) is 4.66. The van der Waals surface area contributed by atoms with Crippen LogP contribution in [0.4, 0.5) is 0 Å². The van der Waals surface area contributed by atoms with Gasteiger partial charge in [0.25, 0.3) is 0 Å². The van der Waals surface area contributed by atoms with Crippen LogP contribution in [0.15, 0.2) is 18.2 Å². The zero-order valence-corrected chi connectivity index (χ0v) is 12.6. The Morgan fingerprint density at radius 2 is 1.72 bits per heavy atom. The summed E-state index contributed by atoms with van der Waals surface area (Å²) in [5.74, 6) is 0.688. The maximum absolute atomic E-state index is 6.17. The van der Waals surface area contributed by atoms with Crippen LogP contribution in [-0.4, -0.2) is 24.5 Å². The van der Waals surface area contributed by atoms with E-state index in [0.29, 0.717) is 5.92 Å². The highest BCUT2D eigenvalue weighted by Crippen LogP contribution is 2.27. The van der Waals surface area contributed by atoms with Crippen LogP contribution in [0.3, 0.4) is 0 Å². The smallest absolute Gasteiger partial charge is 0.0465 e. The van der Waals surface area contributed by atoms with Crippen LogP contribution in [-0.2, 0) is 6.54 Å². The van der Waals surface area contributed by atoms with Crippen molar-refractivity contribution in [3.63, 3.8) is 0 Å². The van der Waals surface area contributed by atoms with Gasteiger partial charge in [0.15, 0.2) is 0 Å². The molecule has 1 fully saturated rings. The molecule has 1 aromatic rings. The number of rotatable bonds is 3. The van der Waals surface area contributed by atoms with Gasteiger partial charge in [-0.2, -0.15) is 0 Å². The molecule has 5 heteroatoms. The Labute approximate surface area is 125 Å². The van der Waals surface area contributed by atoms with E-state index in [1.54, 1.807) is 0 Å². The Hall–Kier alpha value is 0.01000. The number of nitrogens with two attached hydrogens (primary N) is 1. The zero-order chi connectivity index (χ0) is 12.3. The lowest BCUT2D eigenvalue weighted by molar-refractivity contribution is 0.180. The molecule has 2 N–H and O–H groups in total. The van der Waals surface area contributed by atoms with E-state index in [1.807, 2.05) is 18.2 Å². The molecule has 0 radical (unpaired) electrons. The molecular weight excluding hydrogens is 291 g/mol. The number of nitrogens with zero attached hydrogens (tertiary/aromatic N) is 1. The monoisotopic (exact) mass is 308 g/mol. The topological polar surface area (TPSA) is 29.3 Å². The minimum atomic E-state index is 0. The van der Waals surface area contributed by atoms with E-state index in [0.717, 1.165) is 41.8 Å². The fraction of sp³-hybridized carbons (Fsp3) is 0.538. The van der Waals surface area contributed by atoms with Crippen LogP contribution < -0.4 is 5.73 Å². The summed E-state index contributed by atoms with van der Waals surface area (Å²) in [6.45, 7) is 3.82. The fourth-order valence-electron chi connectivity index (χ4n) is 2.29. The predicted octanol–water partition coefficient (Wildman–Crippen LogP) is 3.59. The molecule has 2 rings (SSSR count). The number of halogens is 3. The van der Waals surface area contributed by atoms with Crippen molar-refractivity contribution in [3.05, 3.63) is 33.8 Å². The van der Waals surface area contributed by atoms with Gasteiger partial charge in [0.2, 0.25) is 0 Å². The minimum absolute atomic E-state index is 0. The summed E-state index contributed by atoms with van der Waals surface area (Å²) in [6, 6.07) is 5.68. The van der Waals surface area contributed by atoms with Gasteiger partial charge in [0.1, 0.15) is 0 Å². The van der Waals surface area contributed by atoms with E-state index in [-0.39, 0.29) is 12.4 Å². The fourth-order valence-corrected chi connectivity index (χ4v) is 2.80. The van der Waals surface area contributed by atoms with E-state index in [1.165, 1.54) is 12.8 Å². The molecule has 1 aliphatic rings. The summed E-state index contributed by atoms with van der Waals surface area (Å²) >= 11 is 12.3. The first-order valence-electron chi connectivity index (χ1n) is 6.06. The molecule has 1 aromatic carbocycles. The second kappa shape index (κ2) is 7.56. The van der Waals surface area contributed by atoms with Crippen molar-refractivity contribution in [2.45, 2.75) is 19.4 Å². The SMILES string of the molecule is Cl.NCC1CCN(Cc2c(Cl)cccc2Cl)CC1. The molecule has 2 nitrogen and oxygen atoms in total. The van der Waals surface area contributed by atoms with E-state index >= 15 is 0 Å². The lowest BCUT2D eigenvalue weighted by Crippen LogP contribution is -2.35. The molecule has 0 atom stereocenters. The van der Waals surface area contributed by atoms with E-state index < -0.39 is 0 Å². The maximum atomic E-state index is 6.17. The zero-order valence-electron chi connectivity index (χ0n) is 10.2. The van der Waals surface area contributed by atoms with Gasteiger partial charge in [-0.1, -0.05) is 29.3 Å². The van der Waals surface area contributed by atoms with Crippen molar-refractivity contribution >= 4 is 35.6 Å². The highest BCUT2D eigenvalue weighted by Gasteiger charge is 2.19. The highest BCUT2D eigenvalue weighted by atomic mass is 35.5. The van der Waals surface area contributed by atoms with E-state index in [9.17, 15) is 0 Å². The summed E-state index contributed by atoms with van der Waals surface area (Å²) in [5.41, 5.74) is 6.73. The first-order chi connectivity index (χ1) is 8.20. The highest BCUT2D eigenvalue weighted by molar-refractivity contribution is 6.35. The van der Waals surface area contributed by atoms with Crippen LogP contribution in [0.2, 0.25) is 10.0 Å². The molecule has 0 bridgehead atoms. The number of hydrogen-bond acceptors (Lipinski definition) is 2. The van der Waals surface area contributed by atoms with Gasteiger partial charge in [-0.3, -0.25) is 4.90 Å². The Kier molecular flexibility index (Phi) is 6.75. The van der Waals surface area contributed by atoms with Gasteiger partial charge in [-0.15, -0.1) is 12.4 Å². The number of piperidine rings is 1. The summed E-state index contributed by atoms with van der Waals surface area (Å²) in [5, 5.41) is 1.52. The van der Waals surface area contributed by atoms with Crippen LogP contribution in [0.25, 0.3) is 0 Å². The Bertz CT molecular complexity index is 356. The molecule has 0 aromatic heterocycles. The third-order valence-electron chi connectivity index (χ3n) is 3.48. The Morgan fingerprint density at radius 1 is 1.17 bits per heavy atom. The lowest BCUT2D eigenvalue weighted by atomic mass is 9.97. The Balaban J connectivity index is 0.00000162. The molecule has 0 aliphatic carbocycles. The molecule has 1 heterocycles. The predicted molar refractivity (Wildman–Crippen MR) is 80.8 cm³/mol. The van der Waals surface area contributed by atoms with E-state index in [4.69, 9.17) is 28.9 Å². The van der Waals surface area contributed by atoms with Crippen molar-refractivity contribution < 1.29 is 0 Å². The molecule has 102 valence electrons. The average molecular weight is 310 g/mol. The number of hydrogen-bond donors (Lipinski definition) is 1. The van der Waals surface area contributed by atoms with Gasteiger partial charge in [0, 0.05) is 22.2 Å². The van der Waals surface area contributed by atoms with Gasteiger partial charge >= 0.3 is 0 Å². The normalized spacial score (nSPS) is 17.5. The molecule has 0 spiro atoms. The second-order valence-corrected chi connectivity index (χ2v) is 5.47. The summed E-state index contributed by atoms with van der Waals surface area (Å²) in [6.07, 6.45) is 2.36. The lowest BCUT2D eigenvalue weighted by Gasteiger charge is -2.31. The third kappa shape index (κ3) is 4.01. The van der Waals surface area contributed by atoms with E-state index in [2.05, 4.69) is 4.90 Å². The molecule has 1 saturated heterocycles. The summed E-state index contributed by atoms with van der Waals surface area (Å²) in [7, 11) is 0. The van der Waals surface area contributed by atoms with Crippen molar-refractivity contribution in [2.24, 2.45) is 11.7 Å². The maximum Gasteiger partial charge on any atom is 0.0465 e. The van der Waals surface area contributed by atoms with Gasteiger partial charge in [-0.25, -0.2) is 0 Å². The summed E-state index contributed by atoms with van der Waals surface area (Å²) in [4.78, 5) is 2.40. The van der Waals surface area contributed by atoms with Crippen LogP contribution in [0.5, 0.6) is 0 Å². The number of benzene rings is 1. The van der Waals surface area contributed by atoms with Gasteiger partial charge < -0.3 is 5.73 Å². The largest absolute Gasteiger partial charge is 0.330 e. The van der Waals surface area contributed by atoms with Crippen LogP contribution >= 0.6 is 35.6 Å². The molecule has 0 unspecified atom stereocenters. The van der Waals surface area contributed by atoms with Crippen molar-refractivity contribution in [1.29, 1.82) is 0 Å². The third-order valence-corrected chi connectivity index (χ3v) is 4.19. The molecular formula is C13H19Cl3N2. The minimum Gasteiger partial charge on any atom is -0.330 e. The first-order valence-corrected chi connectivity index (χ1v) is 6.81. The van der Waals surface area contributed by atoms with Gasteiger partial charge in [-0.05, 0) is 50.5 Å².